The molecule has 4 aromatic rings. The lowest BCUT2D eigenvalue weighted by atomic mass is 10.1. The summed E-state index contributed by atoms with van der Waals surface area (Å²) in [6.07, 6.45) is -2.02. The Hall–Kier alpha value is -3.72. The summed E-state index contributed by atoms with van der Waals surface area (Å²) >= 11 is 0. The molecular formula is C20H14F3N5O3S. The zero-order chi connectivity index (χ0) is 23.3. The third-order valence-corrected chi connectivity index (χ3v) is 6.63. The van der Waals surface area contributed by atoms with Crippen LogP contribution in [0.2, 0.25) is 0 Å². The minimum Gasteiger partial charge on any atom is -0.289 e. The summed E-state index contributed by atoms with van der Waals surface area (Å²) in [6, 6.07) is 7.67. The molecule has 0 aliphatic carbocycles. The van der Waals surface area contributed by atoms with Gasteiger partial charge in [0.05, 0.1) is 35.4 Å². The largest absolute Gasteiger partial charge is 0.416 e. The molecule has 0 atom stereocenters. The van der Waals surface area contributed by atoms with Crippen molar-refractivity contribution in [1.29, 1.82) is 5.26 Å². The van der Waals surface area contributed by atoms with Crippen molar-refractivity contribution in [2.24, 2.45) is 0 Å². The molecule has 0 amide bonds. The number of benzene rings is 1. The van der Waals surface area contributed by atoms with Gasteiger partial charge in [0.2, 0.25) is 0 Å². The van der Waals surface area contributed by atoms with Gasteiger partial charge in [-0.2, -0.15) is 28.2 Å². The van der Waals surface area contributed by atoms with Gasteiger partial charge >= 0.3 is 6.18 Å². The number of hydrogen-bond donors (Lipinski definition) is 0. The molecule has 0 N–H and O–H groups in total. The van der Waals surface area contributed by atoms with E-state index in [2.05, 4.69) is 10.1 Å². The number of halogens is 3. The van der Waals surface area contributed by atoms with E-state index in [4.69, 9.17) is 5.26 Å². The fourth-order valence-corrected chi connectivity index (χ4v) is 4.42. The van der Waals surface area contributed by atoms with Gasteiger partial charge in [0, 0.05) is 11.6 Å². The Morgan fingerprint density at radius 3 is 2.59 bits per heavy atom. The van der Waals surface area contributed by atoms with Crippen molar-refractivity contribution in [1.82, 2.24) is 19.2 Å². The maximum absolute atomic E-state index is 13.1. The molecule has 4 rings (SSSR count). The monoisotopic (exact) mass is 461 g/mol. The van der Waals surface area contributed by atoms with Crippen LogP contribution in [-0.4, -0.2) is 33.3 Å². The number of alkyl halides is 3. The van der Waals surface area contributed by atoms with Crippen molar-refractivity contribution in [3.8, 4) is 11.9 Å². The Labute approximate surface area is 179 Å². The van der Waals surface area contributed by atoms with Gasteiger partial charge in [-0.25, -0.2) is 13.4 Å². The van der Waals surface area contributed by atoms with Crippen LogP contribution in [-0.2, 0) is 22.4 Å². The summed E-state index contributed by atoms with van der Waals surface area (Å²) in [4.78, 5) is 17.3. The molecule has 0 unspecified atom stereocenters. The molecule has 0 fully saturated rings. The van der Waals surface area contributed by atoms with Crippen molar-refractivity contribution in [3.63, 3.8) is 0 Å². The zero-order valence-electron chi connectivity index (χ0n) is 16.5. The number of sulfone groups is 1. The molecule has 32 heavy (non-hydrogen) atoms. The standard InChI is InChI=1S/C20H14F3N5O3S/c1-2-32(30,31)19-17(26-16-9-12(5-7-24)6-8-27(16)19)28-18(29)15-10-14(20(21,22)23)4-3-13(15)11-25-28/h3-4,6,8-11H,2,5H2,1H3. The molecule has 1 aromatic carbocycles. The SMILES string of the molecule is CCS(=O)(=O)c1c(-n2ncc3ccc(C(F)(F)F)cc3c2=O)nc2cc(CC#N)ccn12. The fourth-order valence-electron chi connectivity index (χ4n) is 3.28. The molecule has 164 valence electrons. The number of nitriles is 1. The summed E-state index contributed by atoms with van der Waals surface area (Å²) in [5, 5.41) is 12.4. The van der Waals surface area contributed by atoms with E-state index in [1.807, 2.05) is 6.07 Å². The smallest absolute Gasteiger partial charge is 0.289 e. The quantitative estimate of drug-likeness (QED) is 0.462. The number of nitrogens with zero attached hydrogens (tertiary/aromatic N) is 5. The minimum atomic E-state index is -4.66. The van der Waals surface area contributed by atoms with E-state index >= 15 is 0 Å². The number of fused-ring (bicyclic) bond motifs is 2. The van der Waals surface area contributed by atoms with Crippen LogP contribution in [0, 0.1) is 11.3 Å². The van der Waals surface area contributed by atoms with E-state index in [1.54, 1.807) is 6.07 Å². The third kappa shape index (κ3) is 3.50. The molecule has 8 nitrogen and oxygen atoms in total. The van der Waals surface area contributed by atoms with E-state index in [9.17, 15) is 26.4 Å². The first-order valence-corrected chi connectivity index (χ1v) is 10.9. The van der Waals surface area contributed by atoms with E-state index in [1.165, 1.54) is 29.8 Å². The molecule has 0 radical (unpaired) electrons. The number of imidazole rings is 1. The van der Waals surface area contributed by atoms with Crippen LogP contribution in [0.1, 0.15) is 18.1 Å². The van der Waals surface area contributed by atoms with Crippen LogP contribution in [0.15, 0.2) is 52.5 Å². The van der Waals surface area contributed by atoms with E-state index in [-0.39, 0.29) is 39.4 Å². The van der Waals surface area contributed by atoms with Crippen molar-refractivity contribution in [3.05, 3.63) is 64.2 Å². The lowest BCUT2D eigenvalue weighted by Gasteiger charge is -2.09. The maximum Gasteiger partial charge on any atom is 0.416 e. The molecule has 0 aliphatic heterocycles. The van der Waals surface area contributed by atoms with Crippen molar-refractivity contribution < 1.29 is 21.6 Å². The first-order valence-electron chi connectivity index (χ1n) is 9.27. The van der Waals surface area contributed by atoms with E-state index in [0.717, 1.165) is 12.1 Å². The van der Waals surface area contributed by atoms with Gasteiger partial charge in [0.15, 0.2) is 20.7 Å². The number of rotatable bonds is 4. The van der Waals surface area contributed by atoms with Gasteiger partial charge in [0.25, 0.3) is 5.56 Å². The van der Waals surface area contributed by atoms with E-state index in [0.29, 0.717) is 16.3 Å². The van der Waals surface area contributed by atoms with Crippen LogP contribution in [0.4, 0.5) is 13.2 Å². The van der Waals surface area contributed by atoms with Crippen LogP contribution in [0.5, 0.6) is 0 Å². The van der Waals surface area contributed by atoms with Crippen molar-refractivity contribution >= 4 is 26.3 Å². The molecule has 12 heteroatoms. The normalized spacial score (nSPS) is 12.3. The number of pyridine rings is 1. The fraction of sp³-hybridized carbons (Fsp3) is 0.200. The van der Waals surface area contributed by atoms with Crippen LogP contribution in [0.25, 0.3) is 22.2 Å². The summed E-state index contributed by atoms with van der Waals surface area (Å²) < 4.78 is 67.0. The predicted molar refractivity (Wildman–Crippen MR) is 108 cm³/mol. The van der Waals surface area contributed by atoms with Gasteiger partial charge in [0.1, 0.15) is 5.65 Å². The number of aromatic nitrogens is 4. The van der Waals surface area contributed by atoms with Crippen molar-refractivity contribution in [2.75, 3.05) is 5.75 Å². The van der Waals surface area contributed by atoms with E-state index < -0.39 is 27.1 Å². The molecule has 0 bridgehead atoms. The van der Waals surface area contributed by atoms with Crippen LogP contribution in [0.3, 0.4) is 0 Å². The van der Waals surface area contributed by atoms with Crippen LogP contribution < -0.4 is 5.56 Å². The lowest BCUT2D eigenvalue weighted by Crippen LogP contribution is -2.24. The molecule has 3 aromatic heterocycles. The Morgan fingerprint density at radius 1 is 1.19 bits per heavy atom. The maximum atomic E-state index is 13.1. The first kappa shape index (κ1) is 21.5. The Kier molecular flexibility index (Phi) is 5.01. The topological polar surface area (TPSA) is 110 Å². The molecule has 0 aliphatic rings. The Bertz CT molecular complexity index is 1580. The molecule has 0 saturated heterocycles. The summed E-state index contributed by atoms with van der Waals surface area (Å²) in [5.41, 5.74) is -1.23. The first-order chi connectivity index (χ1) is 15.1. The van der Waals surface area contributed by atoms with Gasteiger partial charge < -0.3 is 0 Å². The summed E-state index contributed by atoms with van der Waals surface area (Å²) in [5.74, 6) is -0.640. The van der Waals surface area contributed by atoms with Gasteiger partial charge in [-0.1, -0.05) is 13.0 Å². The highest BCUT2D eigenvalue weighted by Gasteiger charge is 2.31. The van der Waals surface area contributed by atoms with Crippen LogP contribution >= 0.6 is 0 Å². The molecular weight excluding hydrogens is 447 g/mol. The molecule has 0 spiro atoms. The minimum absolute atomic E-state index is 0.0585. The second-order valence-electron chi connectivity index (χ2n) is 6.90. The van der Waals surface area contributed by atoms with Crippen molar-refractivity contribution in [2.45, 2.75) is 24.5 Å². The highest BCUT2D eigenvalue weighted by atomic mass is 32.2. The second-order valence-corrected chi connectivity index (χ2v) is 9.10. The molecule has 3 heterocycles. The Morgan fingerprint density at radius 2 is 1.94 bits per heavy atom. The average Bonchev–Trinajstić information content (AvgIpc) is 3.12. The lowest BCUT2D eigenvalue weighted by molar-refractivity contribution is -0.137. The molecule has 0 saturated carbocycles. The highest BCUT2D eigenvalue weighted by Crippen LogP contribution is 2.31. The Balaban J connectivity index is 2.06. The summed E-state index contributed by atoms with van der Waals surface area (Å²) in [6.45, 7) is 1.41. The average molecular weight is 461 g/mol. The third-order valence-electron chi connectivity index (χ3n) is 4.90. The predicted octanol–water partition coefficient (Wildman–Crippen LogP) is 2.91. The number of hydrogen-bond acceptors (Lipinski definition) is 6. The summed E-state index contributed by atoms with van der Waals surface area (Å²) in [7, 11) is -3.93. The highest BCUT2D eigenvalue weighted by molar-refractivity contribution is 7.91. The van der Waals surface area contributed by atoms with Gasteiger partial charge in [-0.3, -0.25) is 9.20 Å². The van der Waals surface area contributed by atoms with Gasteiger partial charge in [-0.15, -0.1) is 0 Å². The second kappa shape index (κ2) is 7.45. The van der Waals surface area contributed by atoms with Gasteiger partial charge in [-0.05, 0) is 29.8 Å². The zero-order valence-corrected chi connectivity index (χ0v) is 17.3.